The third kappa shape index (κ3) is 3.32. The van der Waals surface area contributed by atoms with Crippen molar-refractivity contribution in [1.29, 1.82) is 0 Å². The molecule has 0 saturated carbocycles. The molecule has 0 N–H and O–H groups in total. The smallest absolute Gasteiger partial charge is 0.310 e. The lowest BCUT2D eigenvalue weighted by atomic mass is 9.90. The minimum absolute atomic E-state index is 0.103. The molecule has 1 fully saturated rings. The Labute approximate surface area is 162 Å². The van der Waals surface area contributed by atoms with Gasteiger partial charge < -0.3 is 9.64 Å². The number of hydrogen-bond donors (Lipinski definition) is 0. The fourth-order valence-electron chi connectivity index (χ4n) is 3.44. The van der Waals surface area contributed by atoms with Gasteiger partial charge in [0.25, 0.3) is 5.91 Å². The predicted octanol–water partition coefficient (Wildman–Crippen LogP) is 4.13. The standard InChI is InChI=1S/C22H18N2O4/c25-22-21(28-19-14-8-7-13-18(19)24(26)27)20(17-11-5-2-6-12-17)23(22)15-16-9-3-1-4-10-16/h1-14,20-21H,15H2/t20-,21-/m0/s1. The summed E-state index contributed by atoms with van der Waals surface area (Å²) in [5.41, 5.74) is 1.80. The van der Waals surface area contributed by atoms with Gasteiger partial charge in [-0.3, -0.25) is 14.9 Å². The van der Waals surface area contributed by atoms with Gasteiger partial charge in [-0.15, -0.1) is 0 Å². The molecule has 0 aliphatic carbocycles. The molecule has 1 heterocycles. The van der Waals surface area contributed by atoms with Gasteiger partial charge in [0.15, 0.2) is 5.75 Å². The Hall–Kier alpha value is -3.67. The van der Waals surface area contributed by atoms with Crippen molar-refractivity contribution in [2.45, 2.75) is 18.7 Å². The second kappa shape index (κ2) is 7.52. The Morgan fingerprint density at radius 3 is 2.18 bits per heavy atom. The maximum absolute atomic E-state index is 12.9. The Bertz CT molecular complexity index is 992. The lowest BCUT2D eigenvalue weighted by Crippen LogP contribution is -2.60. The number of benzene rings is 3. The number of ether oxygens (including phenoxy) is 1. The second-order valence-electron chi connectivity index (χ2n) is 6.57. The Kier molecular flexibility index (Phi) is 4.76. The molecular weight excluding hydrogens is 356 g/mol. The normalized spacial score (nSPS) is 18.4. The van der Waals surface area contributed by atoms with Crippen molar-refractivity contribution < 1.29 is 14.5 Å². The Morgan fingerprint density at radius 2 is 1.50 bits per heavy atom. The summed E-state index contributed by atoms with van der Waals surface area (Å²) in [5.74, 6) is -0.0815. The fraction of sp³-hybridized carbons (Fsp3) is 0.136. The number of β-lactam (4-membered cyclic amide) rings is 1. The van der Waals surface area contributed by atoms with Crippen LogP contribution in [-0.2, 0) is 11.3 Å². The van der Waals surface area contributed by atoms with Crippen LogP contribution in [0.15, 0.2) is 84.9 Å². The van der Waals surface area contributed by atoms with Crippen LogP contribution in [0.25, 0.3) is 0 Å². The van der Waals surface area contributed by atoms with E-state index in [-0.39, 0.29) is 23.4 Å². The van der Waals surface area contributed by atoms with Crippen molar-refractivity contribution >= 4 is 11.6 Å². The average molecular weight is 374 g/mol. The molecule has 2 atom stereocenters. The first-order valence-corrected chi connectivity index (χ1v) is 8.94. The summed E-state index contributed by atoms with van der Waals surface area (Å²) in [4.78, 5) is 25.4. The second-order valence-corrected chi connectivity index (χ2v) is 6.57. The van der Waals surface area contributed by atoms with Crippen molar-refractivity contribution in [2.24, 2.45) is 0 Å². The van der Waals surface area contributed by atoms with Gasteiger partial charge in [0.1, 0.15) is 6.04 Å². The number of rotatable bonds is 6. The molecule has 0 spiro atoms. The highest BCUT2D eigenvalue weighted by Crippen LogP contribution is 2.40. The summed E-state index contributed by atoms with van der Waals surface area (Å²) in [7, 11) is 0. The molecule has 4 rings (SSSR count). The molecule has 0 radical (unpaired) electrons. The molecule has 6 heteroatoms. The van der Waals surface area contributed by atoms with Crippen LogP contribution in [0, 0.1) is 10.1 Å². The van der Waals surface area contributed by atoms with E-state index in [1.807, 2.05) is 60.7 Å². The molecular formula is C22H18N2O4. The number of nitrogens with zero attached hydrogens (tertiary/aromatic N) is 2. The summed E-state index contributed by atoms with van der Waals surface area (Å²) in [6, 6.07) is 25.1. The number of amides is 1. The molecule has 0 bridgehead atoms. The molecule has 28 heavy (non-hydrogen) atoms. The van der Waals surface area contributed by atoms with Gasteiger partial charge >= 0.3 is 5.69 Å². The predicted molar refractivity (Wildman–Crippen MR) is 104 cm³/mol. The zero-order chi connectivity index (χ0) is 19.5. The van der Waals surface area contributed by atoms with Crippen molar-refractivity contribution in [2.75, 3.05) is 0 Å². The number of carbonyl (C=O) groups excluding carboxylic acids is 1. The van der Waals surface area contributed by atoms with E-state index in [4.69, 9.17) is 4.74 Å². The number of nitro benzene ring substituents is 1. The van der Waals surface area contributed by atoms with Crippen LogP contribution in [-0.4, -0.2) is 21.8 Å². The molecule has 1 aliphatic heterocycles. The van der Waals surface area contributed by atoms with Crippen LogP contribution in [0.1, 0.15) is 17.2 Å². The summed E-state index contributed by atoms with van der Waals surface area (Å²) >= 11 is 0. The zero-order valence-corrected chi connectivity index (χ0v) is 15.0. The van der Waals surface area contributed by atoms with Crippen LogP contribution in [0.2, 0.25) is 0 Å². The van der Waals surface area contributed by atoms with Crippen molar-refractivity contribution in [3.63, 3.8) is 0 Å². The highest BCUT2D eigenvalue weighted by molar-refractivity contribution is 5.89. The van der Waals surface area contributed by atoms with Gasteiger partial charge in [-0.05, 0) is 17.2 Å². The summed E-state index contributed by atoms with van der Waals surface area (Å²) in [6.45, 7) is 0.454. The lowest BCUT2D eigenvalue weighted by molar-refractivity contribution is -0.386. The maximum atomic E-state index is 12.9. The first-order valence-electron chi connectivity index (χ1n) is 8.94. The van der Waals surface area contributed by atoms with E-state index < -0.39 is 11.0 Å². The number of para-hydroxylation sites is 2. The minimum atomic E-state index is -0.799. The van der Waals surface area contributed by atoms with Crippen LogP contribution in [0.5, 0.6) is 5.75 Å². The zero-order valence-electron chi connectivity index (χ0n) is 15.0. The molecule has 1 saturated heterocycles. The van der Waals surface area contributed by atoms with Gasteiger partial charge in [0.2, 0.25) is 6.10 Å². The molecule has 3 aromatic rings. The maximum Gasteiger partial charge on any atom is 0.310 e. The monoisotopic (exact) mass is 374 g/mol. The first kappa shape index (κ1) is 17.7. The summed E-state index contributed by atoms with van der Waals surface area (Å²) in [5, 5.41) is 11.3. The van der Waals surface area contributed by atoms with Crippen LogP contribution < -0.4 is 4.74 Å². The lowest BCUT2D eigenvalue weighted by Gasteiger charge is -2.46. The largest absolute Gasteiger partial charge is 0.471 e. The molecule has 0 aromatic heterocycles. The highest BCUT2D eigenvalue weighted by atomic mass is 16.6. The first-order chi connectivity index (χ1) is 13.6. The van der Waals surface area contributed by atoms with Gasteiger partial charge in [-0.25, -0.2) is 0 Å². The van der Waals surface area contributed by atoms with Gasteiger partial charge in [0, 0.05) is 12.6 Å². The van der Waals surface area contributed by atoms with E-state index in [0.717, 1.165) is 11.1 Å². The third-order valence-electron chi connectivity index (χ3n) is 4.80. The van der Waals surface area contributed by atoms with E-state index in [2.05, 4.69) is 0 Å². The number of hydrogen-bond acceptors (Lipinski definition) is 4. The number of nitro groups is 1. The number of carbonyl (C=O) groups is 1. The average Bonchev–Trinajstić information content (AvgIpc) is 2.74. The van der Waals surface area contributed by atoms with E-state index in [1.54, 1.807) is 17.0 Å². The minimum Gasteiger partial charge on any atom is -0.471 e. The molecule has 6 nitrogen and oxygen atoms in total. The van der Waals surface area contributed by atoms with E-state index in [9.17, 15) is 14.9 Å². The topological polar surface area (TPSA) is 72.7 Å². The van der Waals surface area contributed by atoms with E-state index in [0.29, 0.717) is 6.54 Å². The van der Waals surface area contributed by atoms with Crippen LogP contribution in [0.4, 0.5) is 5.69 Å². The van der Waals surface area contributed by atoms with E-state index >= 15 is 0 Å². The van der Waals surface area contributed by atoms with Gasteiger partial charge in [-0.2, -0.15) is 0 Å². The summed E-state index contributed by atoms with van der Waals surface area (Å²) < 4.78 is 5.86. The molecule has 1 amide bonds. The number of likely N-dealkylation sites (tertiary alicyclic amines) is 1. The Balaban J connectivity index is 1.63. The fourth-order valence-corrected chi connectivity index (χ4v) is 3.44. The third-order valence-corrected chi connectivity index (χ3v) is 4.80. The highest BCUT2D eigenvalue weighted by Gasteiger charge is 2.50. The van der Waals surface area contributed by atoms with Gasteiger partial charge in [0.05, 0.1) is 4.92 Å². The quantitative estimate of drug-likeness (QED) is 0.369. The SMILES string of the molecule is O=C1[C@@H](Oc2ccccc2[N+](=O)[O-])[C@H](c2ccccc2)N1Cc1ccccc1. The molecule has 3 aromatic carbocycles. The van der Waals surface area contributed by atoms with Gasteiger partial charge in [-0.1, -0.05) is 72.8 Å². The Morgan fingerprint density at radius 1 is 0.893 bits per heavy atom. The van der Waals surface area contributed by atoms with Crippen molar-refractivity contribution in [3.8, 4) is 5.75 Å². The van der Waals surface area contributed by atoms with Crippen LogP contribution in [0.3, 0.4) is 0 Å². The van der Waals surface area contributed by atoms with Crippen molar-refractivity contribution in [3.05, 3.63) is 106 Å². The molecule has 1 aliphatic rings. The van der Waals surface area contributed by atoms with Crippen LogP contribution >= 0.6 is 0 Å². The molecule has 140 valence electrons. The molecule has 0 unspecified atom stereocenters. The van der Waals surface area contributed by atoms with Crippen molar-refractivity contribution in [1.82, 2.24) is 4.90 Å². The summed E-state index contributed by atoms with van der Waals surface area (Å²) in [6.07, 6.45) is -0.799. The van der Waals surface area contributed by atoms with E-state index in [1.165, 1.54) is 12.1 Å².